The Labute approximate surface area is 381 Å². The normalized spacial score (nSPS) is 17.3. The van der Waals surface area contributed by atoms with Gasteiger partial charge in [0, 0.05) is 48.2 Å². The van der Waals surface area contributed by atoms with E-state index in [4.69, 9.17) is 14.5 Å². The molecule has 0 aliphatic carbocycles. The summed E-state index contributed by atoms with van der Waals surface area (Å²) < 4.78 is 11.4. The number of phenols is 1. The molecule has 2 unspecified atom stereocenters. The second-order valence-corrected chi connectivity index (χ2v) is 19.1. The number of aromatic nitrogens is 1. The van der Waals surface area contributed by atoms with E-state index >= 15 is 0 Å². The Hall–Kier alpha value is -3.88. The zero-order chi connectivity index (χ0) is 46.5. The number of hydrogen-bond donors (Lipinski definition) is 3. The van der Waals surface area contributed by atoms with E-state index in [1.165, 1.54) is 11.3 Å². The highest BCUT2D eigenvalue weighted by Gasteiger charge is 2.38. The van der Waals surface area contributed by atoms with Gasteiger partial charge in [-0.3, -0.25) is 28.9 Å². The number of aromatic hydroxyl groups is 1. The third-order valence-corrected chi connectivity index (χ3v) is 13.6. The monoisotopic (exact) mass is 898 g/mol. The molecule has 1 aliphatic rings. The first kappa shape index (κ1) is 53.5. The molecule has 7 atom stereocenters. The number of benzene rings is 1. The Morgan fingerprint density at radius 1 is 0.952 bits per heavy atom. The largest absolute Gasteiger partial charge is 0.508 e. The average molecular weight is 898 g/mol. The number of carbonyl (C=O) groups is 5. The van der Waals surface area contributed by atoms with Crippen LogP contribution in [0.2, 0.25) is 0 Å². The second-order valence-electron chi connectivity index (χ2n) is 18.2. The minimum atomic E-state index is -0.539. The van der Waals surface area contributed by atoms with E-state index in [0.717, 1.165) is 68.5 Å². The van der Waals surface area contributed by atoms with Crippen LogP contribution in [0.4, 0.5) is 0 Å². The number of likely N-dealkylation sites (N-methyl/N-ethyl adjacent to an activating group) is 1. The van der Waals surface area contributed by atoms with E-state index in [-0.39, 0.29) is 97.5 Å². The summed E-state index contributed by atoms with van der Waals surface area (Å²) in [6, 6.07) is 5.89. The first-order chi connectivity index (χ1) is 30.1. The number of ether oxygens (including phenoxy) is 2. The number of esters is 1. The van der Waals surface area contributed by atoms with Crippen molar-refractivity contribution in [2.45, 2.75) is 163 Å². The predicted molar refractivity (Wildman–Crippen MR) is 250 cm³/mol. The van der Waals surface area contributed by atoms with Crippen molar-refractivity contribution in [3.8, 4) is 5.75 Å². The number of rotatable bonds is 29. The molecule has 1 aromatic heterocycles. The summed E-state index contributed by atoms with van der Waals surface area (Å²) in [5.74, 6) is -1.99. The van der Waals surface area contributed by atoms with Gasteiger partial charge < -0.3 is 30.1 Å². The Morgan fingerprint density at radius 2 is 1.68 bits per heavy atom. The van der Waals surface area contributed by atoms with Crippen LogP contribution < -0.4 is 10.6 Å². The third-order valence-electron chi connectivity index (χ3n) is 12.5. The zero-order valence-electron chi connectivity index (χ0n) is 39.8. The van der Waals surface area contributed by atoms with Crippen LogP contribution in [0, 0.1) is 23.7 Å². The molecule has 3 amide bonds. The molecule has 1 saturated heterocycles. The van der Waals surface area contributed by atoms with Crippen molar-refractivity contribution in [1.82, 2.24) is 25.4 Å². The molecule has 3 rings (SSSR count). The number of nitrogens with one attached hydrogen (secondary N) is 2. The first-order valence-electron chi connectivity index (χ1n) is 23.7. The minimum absolute atomic E-state index is 0.0114. The molecule has 2 heterocycles. The molecule has 1 aliphatic heterocycles. The zero-order valence-corrected chi connectivity index (χ0v) is 40.6. The van der Waals surface area contributed by atoms with Gasteiger partial charge in [0.05, 0.1) is 17.7 Å². The number of hydrogen-bond acceptors (Lipinski definition) is 11. The Kier molecular flexibility index (Phi) is 23.9. The topological polar surface area (TPSA) is 167 Å². The summed E-state index contributed by atoms with van der Waals surface area (Å²) in [6.07, 6.45) is 10.1. The molecule has 1 fully saturated rings. The van der Waals surface area contributed by atoms with Crippen molar-refractivity contribution in [3.63, 3.8) is 0 Å². The first-order valence-corrected chi connectivity index (χ1v) is 24.6. The summed E-state index contributed by atoms with van der Waals surface area (Å²) in [5.41, 5.74) is 1.13. The molecule has 2 aromatic rings. The summed E-state index contributed by atoms with van der Waals surface area (Å²) in [6.45, 7) is 17.9. The van der Waals surface area contributed by atoms with Gasteiger partial charge in [-0.05, 0) is 88.1 Å². The lowest BCUT2D eigenvalue weighted by Crippen LogP contribution is -2.50. The summed E-state index contributed by atoms with van der Waals surface area (Å²) in [4.78, 5) is 76.5. The van der Waals surface area contributed by atoms with Crippen molar-refractivity contribution < 1.29 is 38.6 Å². The number of unbranched alkanes of at least 4 members (excludes halogenated alkanes) is 3. The predicted octanol–water partition coefficient (Wildman–Crippen LogP) is 8.29. The number of thiazole rings is 1. The maximum atomic E-state index is 14.9. The van der Waals surface area contributed by atoms with Crippen LogP contribution in [-0.4, -0.2) is 108 Å². The lowest BCUT2D eigenvalue weighted by atomic mass is 9.82. The van der Waals surface area contributed by atoms with Crippen LogP contribution in [0.3, 0.4) is 0 Å². The Bertz CT molecular complexity index is 1700. The number of likely N-dealkylation sites (tertiary alicyclic amines) is 1. The Balaban J connectivity index is 1.81. The van der Waals surface area contributed by atoms with Crippen LogP contribution >= 0.6 is 11.3 Å². The van der Waals surface area contributed by atoms with Crippen LogP contribution in [0.25, 0.3) is 0 Å². The summed E-state index contributed by atoms with van der Waals surface area (Å²) in [5, 5.41) is 18.1. The summed E-state index contributed by atoms with van der Waals surface area (Å²) >= 11 is 1.40. The van der Waals surface area contributed by atoms with Gasteiger partial charge in [0.2, 0.25) is 11.8 Å². The number of nitrogens with zero attached hydrogens (tertiary/aromatic N) is 3. The van der Waals surface area contributed by atoms with E-state index in [1.54, 1.807) is 36.6 Å². The van der Waals surface area contributed by atoms with Crippen molar-refractivity contribution in [2.75, 3.05) is 40.1 Å². The maximum absolute atomic E-state index is 14.9. The molecule has 0 radical (unpaired) electrons. The number of piperidine rings is 1. The maximum Gasteiger partial charge on any atom is 0.325 e. The van der Waals surface area contributed by atoms with E-state index in [2.05, 4.69) is 57.1 Å². The van der Waals surface area contributed by atoms with E-state index in [1.807, 2.05) is 18.9 Å². The van der Waals surface area contributed by atoms with Gasteiger partial charge >= 0.3 is 5.97 Å². The molecule has 63 heavy (non-hydrogen) atoms. The SMILES string of the molecule is CCCCCCOCN(C(=O)[C@@H](CC(=O)C1CCCCN1C)C(C)CC)[C@H](C[C@@H](C)c1nc(C(=O)N[C@@H](Cc2ccc(O)cc2)C[C@H](C)C(=O)NCC(=O)OCCC)cs1)C(C)C. The standard InChI is InChI=1S/C49H79N5O8S/c1-10-13-14-17-25-61-32-54(49(60)40(34(6)12-3)29-44(56)42-18-15-16-23-53(42)9)43(33(4)5)27-36(8)48-52-41(31-63-48)47(59)51-38(28-37-19-21-39(55)22-20-37)26-35(7)46(58)50-30-45(57)62-24-11-2/h19-22,31,33-36,38,40,42-43,55H,10-18,23-30,32H2,1-9H3,(H,50,58)(H,51,59)/t34?,35-,36+,38+,40-,42?,43+/m0/s1. The van der Waals surface area contributed by atoms with Gasteiger partial charge in [-0.1, -0.05) is 99.6 Å². The molecule has 14 heteroatoms. The highest BCUT2D eigenvalue weighted by atomic mass is 32.1. The molecule has 0 saturated carbocycles. The molecule has 13 nitrogen and oxygen atoms in total. The number of ketones is 1. The molecule has 0 spiro atoms. The van der Waals surface area contributed by atoms with E-state index in [0.29, 0.717) is 25.9 Å². The Morgan fingerprint density at radius 3 is 2.33 bits per heavy atom. The van der Waals surface area contributed by atoms with Crippen LogP contribution in [0.5, 0.6) is 5.75 Å². The van der Waals surface area contributed by atoms with E-state index < -0.39 is 23.8 Å². The number of amides is 3. The van der Waals surface area contributed by atoms with Gasteiger partial charge in [-0.2, -0.15) is 0 Å². The van der Waals surface area contributed by atoms with Crippen LogP contribution in [0.1, 0.15) is 159 Å². The fourth-order valence-electron chi connectivity index (χ4n) is 8.32. The lowest BCUT2D eigenvalue weighted by molar-refractivity contribution is -0.150. The quantitative estimate of drug-likeness (QED) is 0.0411. The number of carbonyl (C=O) groups excluding carboxylic acids is 5. The molecular weight excluding hydrogens is 819 g/mol. The van der Waals surface area contributed by atoms with Crippen molar-refractivity contribution in [1.29, 1.82) is 0 Å². The minimum Gasteiger partial charge on any atom is -0.508 e. The number of phenolic OH excluding ortho intramolecular Hbond substituents is 1. The van der Waals surface area contributed by atoms with Crippen LogP contribution in [-0.2, 0) is 35.1 Å². The molecular formula is C49H79N5O8S. The van der Waals surface area contributed by atoms with Gasteiger partial charge in [-0.15, -0.1) is 11.3 Å². The highest BCUT2D eigenvalue weighted by molar-refractivity contribution is 7.09. The molecule has 1 aromatic carbocycles. The molecule has 3 N–H and O–H groups in total. The van der Waals surface area contributed by atoms with Gasteiger partial charge in [0.1, 0.15) is 24.7 Å². The fourth-order valence-corrected chi connectivity index (χ4v) is 9.20. The van der Waals surface area contributed by atoms with Crippen molar-refractivity contribution >= 4 is 40.8 Å². The molecule has 0 bridgehead atoms. The second kappa shape index (κ2) is 28.1. The third kappa shape index (κ3) is 17.9. The lowest BCUT2D eigenvalue weighted by Gasteiger charge is -2.39. The smallest absolute Gasteiger partial charge is 0.325 e. The van der Waals surface area contributed by atoms with Gasteiger partial charge in [-0.25, -0.2) is 4.98 Å². The highest BCUT2D eigenvalue weighted by Crippen LogP contribution is 2.33. The van der Waals surface area contributed by atoms with Crippen molar-refractivity contribution in [3.05, 3.63) is 45.9 Å². The average Bonchev–Trinajstić information content (AvgIpc) is 3.77. The van der Waals surface area contributed by atoms with Gasteiger partial charge in [0.15, 0.2) is 5.78 Å². The fraction of sp³-hybridized carbons (Fsp3) is 0.714. The number of Topliss-reactive ketones (excluding diaryl/α,β-unsaturated/α-hetero) is 1. The molecule has 354 valence electrons. The summed E-state index contributed by atoms with van der Waals surface area (Å²) in [7, 11) is 2.01. The van der Waals surface area contributed by atoms with E-state index in [9.17, 15) is 29.1 Å². The van der Waals surface area contributed by atoms with Gasteiger partial charge in [0.25, 0.3) is 5.91 Å². The van der Waals surface area contributed by atoms with Crippen LogP contribution in [0.15, 0.2) is 29.6 Å². The van der Waals surface area contributed by atoms with Crippen molar-refractivity contribution in [2.24, 2.45) is 23.7 Å².